The lowest BCUT2D eigenvalue weighted by Crippen LogP contribution is -2.25. The Hall–Kier alpha value is -1.000. The largest absolute Gasteiger partial charge is 0.300 e. The maximum Gasteiger partial charge on any atom is 0.300 e. The second-order valence-electron chi connectivity index (χ2n) is 3.88. The van der Waals surface area contributed by atoms with Gasteiger partial charge in [0.2, 0.25) is 0 Å². The Morgan fingerprint density at radius 1 is 1.50 bits per heavy atom. The fraction of sp³-hybridized carbons (Fsp3) is 0.200. The molecule has 10 heteroatoms. The Balaban J connectivity index is 2.27. The molecule has 2 aromatic rings. The van der Waals surface area contributed by atoms with Crippen molar-refractivity contribution in [3.8, 4) is 0 Å². The molecule has 1 unspecified atom stereocenters. The van der Waals surface area contributed by atoms with Crippen LogP contribution in [0.15, 0.2) is 27.1 Å². The summed E-state index contributed by atoms with van der Waals surface area (Å²) in [6.45, 7) is 1.70. The highest BCUT2D eigenvalue weighted by molar-refractivity contribution is 7.91. The molecule has 0 saturated heterocycles. The molecule has 1 N–H and O–H groups in total. The molecule has 0 bridgehead atoms. The van der Waals surface area contributed by atoms with E-state index in [4.69, 9.17) is 11.6 Å². The smallest absolute Gasteiger partial charge is 0.258 e. The monoisotopic (exact) mass is 352 g/mol. The molecular weight excluding hydrogens is 344 g/mol. The van der Waals surface area contributed by atoms with Crippen LogP contribution in [-0.4, -0.2) is 13.3 Å². The van der Waals surface area contributed by atoms with E-state index < -0.39 is 26.7 Å². The quantitative estimate of drug-likeness (QED) is 0.659. The lowest BCUT2D eigenvalue weighted by molar-refractivity contribution is -0.384. The molecule has 1 atom stereocenters. The second-order valence-corrected chi connectivity index (χ2v) is 8.26. The predicted molar refractivity (Wildman–Crippen MR) is 79.0 cm³/mol. The molecule has 2 rings (SSSR count). The van der Waals surface area contributed by atoms with E-state index in [1.54, 1.807) is 6.92 Å². The van der Waals surface area contributed by atoms with Crippen LogP contribution in [-0.2, 0) is 10.0 Å². The van der Waals surface area contributed by atoms with Crippen molar-refractivity contribution in [2.24, 2.45) is 0 Å². The maximum atomic E-state index is 12.1. The van der Waals surface area contributed by atoms with E-state index in [1.807, 2.05) is 16.8 Å². The van der Waals surface area contributed by atoms with Crippen molar-refractivity contribution in [3.63, 3.8) is 0 Å². The van der Waals surface area contributed by atoms with Crippen LogP contribution in [0, 0.1) is 10.1 Å². The zero-order chi connectivity index (χ0) is 14.9. The van der Waals surface area contributed by atoms with Crippen LogP contribution in [0.3, 0.4) is 0 Å². The van der Waals surface area contributed by atoms with Crippen molar-refractivity contribution in [2.75, 3.05) is 0 Å². The summed E-state index contributed by atoms with van der Waals surface area (Å²) in [7, 11) is -3.84. The molecule has 0 fully saturated rings. The van der Waals surface area contributed by atoms with Crippen LogP contribution in [0.5, 0.6) is 0 Å². The van der Waals surface area contributed by atoms with Crippen molar-refractivity contribution in [1.82, 2.24) is 4.72 Å². The lowest BCUT2D eigenvalue weighted by Gasteiger charge is -2.11. The summed E-state index contributed by atoms with van der Waals surface area (Å²) in [5.41, 5.74) is 0.427. The van der Waals surface area contributed by atoms with E-state index >= 15 is 0 Å². The van der Waals surface area contributed by atoms with E-state index in [0.717, 1.165) is 11.6 Å². The number of nitro groups is 1. The van der Waals surface area contributed by atoms with Crippen LogP contribution in [0.2, 0.25) is 4.34 Å². The van der Waals surface area contributed by atoms with Gasteiger partial charge < -0.3 is 0 Å². The van der Waals surface area contributed by atoms with Crippen LogP contribution in [0.4, 0.5) is 5.69 Å². The molecule has 2 heterocycles. The zero-order valence-corrected chi connectivity index (χ0v) is 13.3. The fourth-order valence-corrected chi connectivity index (χ4v) is 5.14. The molecule has 0 aliphatic carbocycles. The Morgan fingerprint density at radius 2 is 2.20 bits per heavy atom. The van der Waals surface area contributed by atoms with Gasteiger partial charge in [0, 0.05) is 12.1 Å². The predicted octanol–water partition coefficient (Wildman–Crippen LogP) is 3.41. The van der Waals surface area contributed by atoms with Gasteiger partial charge in [-0.3, -0.25) is 10.1 Å². The van der Waals surface area contributed by atoms with Gasteiger partial charge in [0.15, 0.2) is 4.34 Å². The fourth-order valence-electron chi connectivity index (χ4n) is 1.48. The molecule has 0 aliphatic rings. The highest BCUT2D eigenvalue weighted by Gasteiger charge is 2.26. The minimum Gasteiger partial charge on any atom is -0.258 e. The van der Waals surface area contributed by atoms with Gasteiger partial charge in [-0.25, -0.2) is 13.1 Å². The van der Waals surface area contributed by atoms with E-state index in [9.17, 15) is 18.5 Å². The van der Waals surface area contributed by atoms with Gasteiger partial charge in [0.25, 0.3) is 15.7 Å². The minimum atomic E-state index is -3.84. The number of hydrogen-bond acceptors (Lipinski definition) is 6. The summed E-state index contributed by atoms with van der Waals surface area (Å²) in [6.07, 6.45) is 0. The molecule has 2 aromatic heterocycles. The number of hydrogen-bond donors (Lipinski definition) is 1. The summed E-state index contributed by atoms with van der Waals surface area (Å²) in [5, 5.41) is 14.4. The van der Waals surface area contributed by atoms with Crippen molar-refractivity contribution in [1.29, 1.82) is 0 Å². The van der Waals surface area contributed by atoms with Crippen molar-refractivity contribution < 1.29 is 13.3 Å². The Labute approximate surface area is 128 Å². The van der Waals surface area contributed by atoms with Gasteiger partial charge in [0.1, 0.15) is 4.21 Å². The van der Waals surface area contributed by atoms with Crippen molar-refractivity contribution in [2.45, 2.75) is 17.2 Å². The maximum absolute atomic E-state index is 12.1. The van der Waals surface area contributed by atoms with Gasteiger partial charge in [-0.1, -0.05) is 11.6 Å². The first kappa shape index (κ1) is 15.4. The van der Waals surface area contributed by atoms with Crippen LogP contribution < -0.4 is 4.72 Å². The average molecular weight is 353 g/mol. The van der Waals surface area contributed by atoms with E-state index in [-0.39, 0.29) is 8.55 Å². The van der Waals surface area contributed by atoms with Gasteiger partial charge in [-0.05, 0) is 29.3 Å². The third kappa shape index (κ3) is 3.18. The number of rotatable bonds is 5. The zero-order valence-electron chi connectivity index (χ0n) is 10.1. The summed E-state index contributed by atoms with van der Waals surface area (Å²) >= 11 is 7.79. The summed E-state index contributed by atoms with van der Waals surface area (Å²) in [4.78, 5) is 9.98. The standard InChI is InChI=1S/C10H9ClN2O4S3/c1-6(7-2-3-18-5-7)12-20(16,17)9-4-8(13(14)15)10(11)19-9/h2-6,12H,1H3. The first-order valence-corrected chi connectivity index (χ1v) is 8.91. The van der Waals surface area contributed by atoms with Crippen molar-refractivity contribution in [3.05, 3.63) is 42.9 Å². The van der Waals surface area contributed by atoms with E-state index in [0.29, 0.717) is 11.3 Å². The first-order chi connectivity index (χ1) is 9.31. The van der Waals surface area contributed by atoms with E-state index in [1.165, 1.54) is 11.3 Å². The third-order valence-electron chi connectivity index (χ3n) is 2.48. The molecule has 20 heavy (non-hydrogen) atoms. The summed E-state index contributed by atoms with van der Waals surface area (Å²) < 4.78 is 26.4. The Morgan fingerprint density at radius 3 is 2.70 bits per heavy atom. The minimum absolute atomic E-state index is 0.154. The molecule has 0 aromatic carbocycles. The molecule has 108 valence electrons. The molecule has 0 spiro atoms. The summed E-state index contributed by atoms with van der Waals surface area (Å²) in [5.74, 6) is 0. The molecule has 0 radical (unpaired) electrons. The van der Waals surface area contributed by atoms with E-state index in [2.05, 4.69) is 4.72 Å². The number of nitrogens with zero attached hydrogens (tertiary/aromatic N) is 1. The first-order valence-electron chi connectivity index (χ1n) is 5.29. The van der Waals surface area contributed by atoms with Gasteiger partial charge in [-0.15, -0.1) is 11.3 Å². The number of thiophene rings is 2. The normalized spacial score (nSPS) is 13.3. The topological polar surface area (TPSA) is 89.3 Å². The Bertz CT molecular complexity index is 724. The number of halogens is 1. The van der Waals surface area contributed by atoms with Gasteiger partial charge >= 0.3 is 0 Å². The Kier molecular flexibility index (Phi) is 4.45. The van der Waals surface area contributed by atoms with Crippen molar-refractivity contribution >= 4 is 50.0 Å². The lowest BCUT2D eigenvalue weighted by atomic mass is 10.2. The SMILES string of the molecule is CC(NS(=O)(=O)c1cc([N+](=O)[O-])c(Cl)s1)c1ccsc1. The molecule has 6 nitrogen and oxygen atoms in total. The third-order valence-corrected chi connectivity index (χ3v) is 6.54. The average Bonchev–Trinajstić information content (AvgIpc) is 2.96. The van der Waals surface area contributed by atoms with Gasteiger partial charge in [0.05, 0.1) is 4.92 Å². The molecule has 0 aliphatic heterocycles. The van der Waals surface area contributed by atoms with Gasteiger partial charge in [-0.2, -0.15) is 11.3 Å². The van der Waals surface area contributed by atoms with Crippen LogP contribution in [0.25, 0.3) is 0 Å². The second kappa shape index (κ2) is 5.78. The number of nitrogens with one attached hydrogen (secondary N) is 1. The number of sulfonamides is 1. The highest BCUT2D eigenvalue weighted by atomic mass is 35.5. The molecular formula is C10H9ClN2O4S3. The molecule has 0 saturated carbocycles. The van der Waals surface area contributed by atoms with Crippen LogP contribution >= 0.6 is 34.3 Å². The van der Waals surface area contributed by atoms with Crippen LogP contribution in [0.1, 0.15) is 18.5 Å². The molecule has 0 amide bonds. The summed E-state index contributed by atoms with van der Waals surface area (Å²) in [6, 6.07) is 2.35. The highest BCUT2D eigenvalue weighted by Crippen LogP contribution is 2.36.